The second-order valence-corrected chi connectivity index (χ2v) is 3.97. The molecule has 0 saturated heterocycles. The zero-order valence-electron chi connectivity index (χ0n) is 10.9. The van der Waals surface area contributed by atoms with Crippen molar-refractivity contribution in [2.75, 3.05) is 5.32 Å². The summed E-state index contributed by atoms with van der Waals surface area (Å²) in [6.45, 7) is 3.38. The molecular weight excluding hydrogens is 268 g/mol. The van der Waals surface area contributed by atoms with Crippen LogP contribution in [0.25, 0.3) is 0 Å². The predicted octanol–water partition coefficient (Wildman–Crippen LogP) is -1.06. The zero-order valence-corrected chi connectivity index (χ0v) is 10.9. The number of carboxylic acids is 1. The molecule has 108 valence electrons. The Morgan fingerprint density at radius 3 is 2.40 bits per heavy atom. The first kappa shape index (κ1) is 15.3. The van der Waals surface area contributed by atoms with Gasteiger partial charge in [0.15, 0.2) is 0 Å². The van der Waals surface area contributed by atoms with Gasteiger partial charge < -0.3 is 16.2 Å². The minimum absolute atomic E-state index is 0.0752. The summed E-state index contributed by atoms with van der Waals surface area (Å²) < 4.78 is 0. The SMILES string of the molecule is Cc1nnc(NC(=O)N[C@H](CC(N)=O)C(=O)O)nc1C. The fourth-order valence-corrected chi connectivity index (χ4v) is 1.21. The molecule has 20 heavy (non-hydrogen) atoms. The molecule has 0 aliphatic carbocycles. The van der Waals surface area contributed by atoms with Gasteiger partial charge in [-0.15, -0.1) is 5.10 Å². The molecule has 1 atom stereocenters. The van der Waals surface area contributed by atoms with Crippen molar-refractivity contribution in [1.29, 1.82) is 0 Å². The number of carbonyl (C=O) groups is 3. The van der Waals surface area contributed by atoms with Gasteiger partial charge in [0.1, 0.15) is 6.04 Å². The van der Waals surface area contributed by atoms with Gasteiger partial charge in [-0.1, -0.05) is 0 Å². The summed E-state index contributed by atoms with van der Waals surface area (Å²) in [7, 11) is 0. The third-order valence-electron chi connectivity index (χ3n) is 2.33. The number of nitrogens with zero attached hydrogens (tertiary/aromatic N) is 3. The number of urea groups is 1. The Morgan fingerprint density at radius 2 is 1.90 bits per heavy atom. The molecule has 0 unspecified atom stereocenters. The molecule has 0 aliphatic heterocycles. The lowest BCUT2D eigenvalue weighted by Gasteiger charge is -2.12. The van der Waals surface area contributed by atoms with Gasteiger partial charge in [0.2, 0.25) is 5.91 Å². The van der Waals surface area contributed by atoms with E-state index in [2.05, 4.69) is 25.8 Å². The number of hydrogen-bond acceptors (Lipinski definition) is 6. The van der Waals surface area contributed by atoms with Gasteiger partial charge in [-0.05, 0) is 13.8 Å². The van der Waals surface area contributed by atoms with E-state index in [-0.39, 0.29) is 5.95 Å². The summed E-state index contributed by atoms with van der Waals surface area (Å²) in [5, 5.41) is 20.5. The lowest BCUT2D eigenvalue weighted by molar-refractivity contribution is -0.140. The molecule has 10 heteroatoms. The van der Waals surface area contributed by atoms with E-state index in [1.54, 1.807) is 13.8 Å². The van der Waals surface area contributed by atoms with Gasteiger partial charge in [-0.25, -0.2) is 14.6 Å². The van der Waals surface area contributed by atoms with Crippen LogP contribution in [0.2, 0.25) is 0 Å². The van der Waals surface area contributed by atoms with Crippen LogP contribution in [0.4, 0.5) is 10.7 Å². The van der Waals surface area contributed by atoms with Gasteiger partial charge in [0.05, 0.1) is 17.8 Å². The summed E-state index contributed by atoms with van der Waals surface area (Å²) in [6, 6.07) is -2.30. The van der Waals surface area contributed by atoms with E-state index in [0.29, 0.717) is 11.4 Å². The number of nitrogens with two attached hydrogens (primary N) is 1. The van der Waals surface area contributed by atoms with Crippen molar-refractivity contribution in [3.63, 3.8) is 0 Å². The molecule has 3 amide bonds. The van der Waals surface area contributed by atoms with E-state index in [9.17, 15) is 14.4 Å². The Bertz CT molecular complexity index is 547. The molecule has 10 nitrogen and oxygen atoms in total. The lowest BCUT2D eigenvalue weighted by Crippen LogP contribution is -2.45. The zero-order chi connectivity index (χ0) is 15.3. The van der Waals surface area contributed by atoms with Crippen molar-refractivity contribution in [3.8, 4) is 0 Å². The number of aryl methyl sites for hydroxylation is 2. The van der Waals surface area contributed by atoms with Crippen molar-refractivity contribution in [1.82, 2.24) is 20.5 Å². The van der Waals surface area contributed by atoms with E-state index in [4.69, 9.17) is 10.8 Å². The quantitative estimate of drug-likeness (QED) is 0.535. The number of anilines is 1. The van der Waals surface area contributed by atoms with Crippen LogP contribution in [0.1, 0.15) is 17.8 Å². The standard InChI is InChI=1S/C10H14N6O4/c1-4-5(2)15-16-9(12-4)14-10(20)13-6(8(18)19)3-7(11)17/h6H,3H2,1-2H3,(H2,11,17)(H,18,19)(H2,12,13,14,16,20)/t6-/m1/s1. The van der Waals surface area contributed by atoms with Crippen LogP contribution >= 0.6 is 0 Å². The molecule has 0 aromatic carbocycles. The van der Waals surface area contributed by atoms with Crippen LogP contribution < -0.4 is 16.4 Å². The van der Waals surface area contributed by atoms with Gasteiger partial charge in [-0.3, -0.25) is 10.1 Å². The van der Waals surface area contributed by atoms with Gasteiger partial charge in [-0.2, -0.15) is 5.10 Å². The predicted molar refractivity (Wildman–Crippen MR) is 66.7 cm³/mol. The summed E-state index contributed by atoms with van der Waals surface area (Å²) >= 11 is 0. The highest BCUT2D eigenvalue weighted by Gasteiger charge is 2.22. The van der Waals surface area contributed by atoms with Crippen LogP contribution in [0.5, 0.6) is 0 Å². The number of rotatable bonds is 5. The molecule has 1 heterocycles. The first-order valence-corrected chi connectivity index (χ1v) is 5.56. The summed E-state index contributed by atoms with van der Waals surface area (Å²) in [5.41, 5.74) is 6.06. The summed E-state index contributed by atoms with van der Waals surface area (Å²) in [4.78, 5) is 37.0. The van der Waals surface area contributed by atoms with Crippen molar-refractivity contribution in [2.24, 2.45) is 5.73 Å². The number of primary amides is 1. The Balaban J connectivity index is 2.67. The number of carboxylic acid groups (broad SMARTS) is 1. The van der Waals surface area contributed by atoms with Crippen molar-refractivity contribution >= 4 is 23.9 Å². The first-order chi connectivity index (χ1) is 9.29. The fraction of sp³-hybridized carbons (Fsp3) is 0.400. The number of nitrogens with one attached hydrogen (secondary N) is 2. The highest BCUT2D eigenvalue weighted by atomic mass is 16.4. The highest BCUT2D eigenvalue weighted by molar-refractivity contribution is 5.92. The maximum atomic E-state index is 11.6. The smallest absolute Gasteiger partial charge is 0.326 e. The molecule has 0 spiro atoms. The third kappa shape index (κ3) is 4.48. The highest BCUT2D eigenvalue weighted by Crippen LogP contribution is 2.02. The molecule has 5 N–H and O–H groups in total. The van der Waals surface area contributed by atoms with Gasteiger partial charge in [0, 0.05) is 0 Å². The molecular formula is C10H14N6O4. The number of aromatic nitrogens is 3. The maximum Gasteiger partial charge on any atom is 0.326 e. The second kappa shape index (κ2) is 6.41. The minimum atomic E-state index is -1.42. The largest absolute Gasteiger partial charge is 0.480 e. The van der Waals surface area contributed by atoms with E-state index in [1.165, 1.54) is 0 Å². The van der Waals surface area contributed by atoms with E-state index in [1.807, 2.05) is 0 Å². The Labute approximate surface area is 113 Å². The Hall–Kier alpha value is -2.78. The van der Waals surface area contributed by atoms with Crippen molar-refractivity contribution in [3.05, 3.63) is 11.4 Å². The number of amides is 3. The Kier molecular flexibility index (Phi) is 4.89. The fourth-order valence-electron chi connectivity index (χ4n) is 1.21. The maximum absolute atomic E-state index is 11.6. The molecule has 0 fully saturated rings. The van der Waals surface area contributed by atoms with Crippen LogP contribution in [0.15, 0.2) is 0 Å². The molecule has 0 aliphatic rings. The van der Waals surface area contributed by atoms with E-state index < -0.39 is 30.4 Å². The summed E-state index contributed by atoms with van der Waals surface area (Å²) in [6.07, 6.45) is -0.519. The normalized spacial score (nSPS) is 11.5. The Morgan fingerprint density at radius 1 is 1.25 bits per heavy atom. The minimum Gasteiger partial charge on any atom is -0.480 e. The second-order valence-electron chi connectivity index (χ2n) is 3.97. The van der Waals surface area contributed by atoms with Crippen LogP contribution in [-0.2, 0) is 9.59 Å². The molecule has 0 saturated carbocycles. The van der Waals surface area contributed by atoms with Gasteiger partial charge in [0.25, 0.3) is 5.95 Å². The average Bonchev–Trinajstić information content (AvgIpc) is 2.32. The summed E-state index contributed by atoms with van der Waals surface area (Å²) in [5.74, 6) is -2.30. The number of hydrogen-bond donors (Lipinski definition) is 4. The van der Waals surface area contributed by atoms with E-state index in [0.717, 1.165) is 0 Å². The molecule has 1 aromatic rings. The van der Waals surface area contributed by atoms with Crippen LogP contribution in [-0.4, -0.2) is 44.2 Å². The van der Waals surface area contributed by atoms with Crippen LogP contribution in [0, 0.1) is 13.8 Å². The average molecular weight is 282 g/mol. The van der Waals surface area contributed by atoms with E-state index >= 15 is 0 Å². The number of aliphatic carboxylic acids is 1. The lowest BCUT2D eigenvalue weighted by atomic mass is 10.2. The molecule has 0 radical (unpaired) electrons. The first-order valence-electron chi connectivity index (χ1n) is 5.56. The topological polar surface area (TPSA) is 160 Å². The molecule has 0 bridgehead atoms. The molecule has 1 aromatic heterocycles. The molecule has 1 rings (SSSR count). The van der Waals surface area contributed by atoms with Crippen molar-refractivity contribution < 1.29 is 19.5 Å². The van der Waals surface area contributed by atoms with Crippen molar-refractivity contribution in [2.45, 2.75) is 26.3 Å². The van der Waals surface area contributed by atoms with Crippen LogP contribution in [0.3, 0.4) is 0 Å². The van der Waals surface area contributed by atoms with Gasteiger partial charge >= 0.3 is 12.0 Å². The third-order valence-corrected chi connectivity index (χ3v) is 2.33. The number of carbonyl (C=O) groups excluding carboxylic acids is 2. The monoisotopic (exact) mass is 282 g/mol.